The van der Waals surface area contributed by atoms with Crippen LogP contribution in [0.15, 0.2) is 29.2 Å². The fraction of sp³-hybridized carbons (Fsp3) is 0.455. The quantitative estimate of drug-likeness (QED) is 0.467. The van der Waals surface area contributed by atoms with Crippen molar-refractivity contribution in [3.63, 3.8) is 0 Å². The summed E-state index contributed by atoms with van der Waals surface area (Å²) >= 11 is 7.00. The van der Waals surface area contributed by atoms with E-state index in [4.69, 9.17) is 21.7 Å². The van der Waals surface area contributed by atoms with Crippen molar-refractivity contribution in [1.29, 1.82) is 0 Å². The zero-order valence-electron chi connectivity index (χ0n) is 18.5. The van der Waals surface area contributed by atoms with Gasteiger partial charge in [-0.05, 0) is 67.2 Å². The molecule has 4 rings (SSSR count). The Kier molecular flexibility index (Phi) is 7.34. The molecule has 11 heteroatoms. The third-order valence-electron chi connectivity index (χ3n) is 5.85. The molecule has 2 heterocycles. The number of carbonyl (C=O) groups excluding carboxylic acids is 1. The van der Waals surface area contributed by atoms with E-state index in [1.165, 1.54) is 27.6 Å². The summed E-state index contributed by atoms with van der Waals surface area (Å²) in [5.41, 5.74) is 2.25. The number of carbonyl (C=O) groups is 1. The van der Waals surface area contributed by atoms with E-state index in [9.17, 15) is 13.2 Å². The highest BCUT2D eigenvalue weighted by molar-refractivity contribution is 7.89. The van der Waals surface area contributed by atoms with Gasteiger partial charge in [-0.25, -0.2) is 13.2 Å². The van der Waals surface area contributed by atoms with Crippen molar-refractivity contribution in [2.75, 3.05) is 44.0 Å². The third kappa shape index (κ3) is 5.22. The number of anilines is 2. The molecular weight excluding hydrogens is 482 g/mol. The number of hydrogen-bond donors (Lipinski definition) is 2. The number of thiophene rings is 1. The molecule has 2 aliphatic rings. The molecule has 2 aromatic rings. The predicted octanol–water partition coefficient (Wildman–Crippen LogP) is 3.49. The van der Waals surface area contributed by atoms with E-state index in [0.29, 0.717) is 53.6 Å². The molecule has 1 aromatic carbocycles. The first-order valence-electron chi connectivity index (χ1n) is 10.8. The van der Waals surface area contributed by atoms with Gasteiger partial charge < -0.3 is 20.1 Å². The maximum Gasteiger partial charge on any atom is 0.341 e. The summed E-state index contributed by atoms with van der Waals surface area (Å²) < 4.78 is 37.2. The van der Waals surface area contributed by atoms with Crippen LogP contribution in [-0.2, 0) is 32.3 Å². The lowest BCUT2D eigenvalue weighted by atomic mass is 9.88. The average molecular weight is 510 g/mol. The lowest BCUT2D eigenvalue weighted by Crippen LogP contribution is -2.40. The van der Waals surface area contributed by atoms with Gasteiger partial charge >= 0.3 is 5.97 Å². The molecule has 1 fully saturated rings. The molecule has 1 saturated heterocycles. The Bertz CT molecular complexity index is 1140. The Morgan fingerprint density at radius 1 is 1.21 bits per heavy atom. The fourth-order valence-corrected chi connectivity index (χ4v) is 7.16. The molecular formula is C22H27N3O5S3. The first-order chi connectivity index (χ1) is 15.8. The number of nitrogens with one attached hydrogen (secondary N) is 2. The van der Waals surface area contributed by atoms with Crippen LogP contribution in [0.3, 0.4) is 0 Å². The molecule has 1 aliphatic carbocycles. The zero-order valence-corrected chi connectivity index (χ0v) is 21.0. The summed E-state index contributed by atoms with van der Waals surface area (Å²) in [5.74, 6) is 0.205. The molecule has 0 spiro atoms. The van der Waals surface area contributed by atoms with Gasteiger partial charge in [0.05, 0.1) is 30.8 Å². The Morgan fingerprint density at radius 2 is 1.91 bits per heavy atom. The number of fused-ring (bicyclic) bond motifs is 1. The van der Waals surface area contributed by atoms with Gasteiger partial charge in [0.1, 0.15) is 5.00 Å². The van der Waals surface area contributed by atoms with E-state index in [1.54, 1.807) is 24.3 Å². The maximum absolute atomic E-state index is 12.8. The summed E-state index contributed by atoms with van der Waals surface area (Å²) in [6.45, 7) is 3.71. The second-order valence-electron chi connectivity index (χ2n) is 8.17. The molecule has 8 nitrogen and oxygen atoms in total. The van der Waals surface area contributed by atoms with Crippen molar-refractivity contribution >= 4 is 55.3 Å². The minimum Gasteiger partial charge on any atom is -0.465 e. The van der Waals surface area contributed by atoms with Crippen LogP contribution in [0.2, 0.25) is 0 Å². The van der Waals surface area contributed by atoms with Crippen molar-refractivity contribution in [1.82, 2.24) is 4.31 Å². The largest absolute Gasteiger partial charge is 0.465 e. The van der Waals surface area contributed by atoms with Crippen molar-refractivity contribution < 1.29 is 22.7 Å². The van der Waals surface area contributed by atoms with Crippen LogP contribution >= 0.6 is 23.6 Å². The van der Waals surface area contributed by atoms with Crippen molar-refractivity contribution in [2.45, 2.75) is 31.1 Å². The van der Waals surface area contributed by atoms with E-state index >= 15 is 0 Å². The number of hydrogen-bond acceptors (Lipinski definition) is 7. The molecule has 1 atom stereocenters. The Hall–Kier alpha value is -2.05. The molecule has 0 unspecified atom stereocenters. The lowest BCUT2D eigenvalue weighted by molar-refractivity contribution is 0.0600. The highest BCUT2D eigenvalue weighted by Gasteiger charge is 2.29. The van der Waals surface area contributed by atoms with Crippen molar-refractivity contribution in [2.24, 2.45) is 5.92 Å². The SMILES string of the molecule is COC(=O)c1c(NC(=S)Nc2ccc(S(=O)(=O)N3CCOCC3)cc2)sc2c1CC[C@@H](C)C2. The van der Waals surface area contributed by atoms with Crippen LogP contribution in [0, 0.1) is 5.92 Å². The smallest absolute Gasteiger partial charge is 0.341 e. The summed E-state index contributed by atoms with van der Waals surface area (Å²) in [6.07, 6.45) is 2.82. The molecule has 1 aliphatic heterocycles. The Balaban J connectivity index is 1.47. The topological polar surface area (TPSA) is 97.0 Å². The number of esters is 1. The van der Waals surface area contributed by atoms with Crippen LogP contribution < -0.4 is 10.6 Å². The molecule has 0 saturated carbocycles. The van der Waals surface area contributed by atoms with E-state index < -0.39 is 10.0 Å². The zero-order chi connectivity index (χ0) is 23.6. The third-order valence-corrected chi connectivity index (χ3v) is 9.14. The minimum atomic E-state index is -3.55. The molecule has 0 bridgehead atoms. The van der Waals surface area contributed by atoms with E-state index in [2.05, 4.69) is 17.6 Å². The van der Waals surface area contributed by atoms with Crippen LogP contribution in [0.1, 0.15) is 34.1 Å². The number of morpholine rings is 1. The Morgan fingerprint density at radius 3 is 2.58 bits per heavy atom. The van der Waals surface area contributed by atoms with Gasteiger partial charge in [0.2, 0.25) is 10.0 Å². The van der Waals surface area contributed by atoms with Gasteiger partial charge in [0.15, 0.2) is 5.11 Å². The summed E-state index contributed by atoms with van der Waals surface area (Å²) in [6, 6.07) is 6.45. The number of methoxy groups -OCH3 is 1. The number of thiocarbonyl (C=S) groups is 1. The number of benzene rings is 1. The number of rotatable bonds is 5. The van der Waals surface area contributed by atoms with Gasteiger partial charge in [0, 0.05) is 23.7 Å². The molecule has 1 aromatic heterocycles. The van der Waals surface area contributed by atoms with E-state index in [0.717, 1.165) is 24.8 Å². The van der Waals surface area contributed by atoms with Crippen molar-refractivity contribution in [3.05, 3.63) is 40.3 Å². The maximum atomic E-state index is 12.8. The fourth-order valence-electron chi connectivity index (χ4n) is 4.07. The first kappa shape index (κ1) is 24.1. The standard InChI is InChI=1S/C22H27N3O5S3/c1-14-3-8-17-18(13-14)32-20(19(17)21(26)29-2)24-22(31)23-15-4-6-16(7-5-15)33(27,28)25-9-11-30-12-10-25/h4-7,14H,3,8-13H2,1-2H3,(H2,23,24,31)/t14-/m1/s1. The van der Waals surface area contributed by atoms with E-state index in [-0.39, 0.29) is 10.9 Å². The summed E-state index contributed by atoms with van der Waals surface area (Å²) in [5, 5.41) is 7.20. The van der Waals surface area contributed by atoms with Gasteiger partial charge in [-0.3, -0.25) is 0 Å². The van der Waals surface area contributed by atoms with Gasteiger partial charge in [-0.15, -0.1) is 11.3 Å². The minimum absolute atomic E-state index is 0.224. The number of ether oxygens (including phenoxy) is 2. The van der Waals surface area contributed by atoms with Gasteiger partial charge in [0.25, 0.3) is 0 Å². The molecule has 178 valence electrons. The average Bonchev–Trinajstić information content (AvgIpc) is 3.16. The second kappa shape index (κ2) is 10.1. The lowest BCUT2D eigenvalue weighted by Gasteiger charge is -2.26. The Labute approximate surface area is 203 Å². The summed E-state index contributed by atoms with van der Waals surface area (Å²) in [4.78, 5) is 13.9. The number of sulfonamides is 1. The number of nitrogens with zero attached hydrogens (tertiary/aromatic N) is 1. The highest BCUT2D eigenvalue weighted by atomic mass is 32.2. The van der Waals surface area contributed by atoms with Crippen LogP contribution in [-0.4, -0.2) is 57.2 Å². The van der Waals surface area contributed by atoms with Crippen molar-refractivity contribution in [3.8, 4) is 0 Å². The van der Waals surface area contributed by atoms with Crippen LogP contribution in [0.5, 0.6) is 0 Å². The van der Waals surface area contributed by atoms with Crippen LogP contribution in [0.25, 0.3) is 0 Å². The first-order valence-corrected chi connectivity index (χ1v) is 13.4. The van der Waals surface area contributed by atoms with E-state index in [1.807, 2.05) is 0 Å². The van der Waals surface area contributed by atoms with Gasteiger partial charge in [-0.2, -0.15) is 4.31 Å². The molecule has 33 heavy (non-hydrogen) atoms. The van der Waals surface area contributed by atoms with Crippen LogP contribution in [0.4, 0.5) is 10.7 Å². The highest BCUT2D eigenvalue weighted by Crippen LogP contribution is 2.40. The monoisotopic (exact) mass is 509 g/mol. The predicted molar refractivity (Wildman–Crippen MR) is 133 cm³/mol. The summed E-state index contributed by atoms with van der Waals surface area (Å²) in [7, 11) is -2.17. The molecule has 2 N–H and O–H groups in total. The second-order valence-corrected chi connectivity index (χ2v) is 11.6. The van der Waals surface area contributed by atoms with Gasteiger partial charge in [-0.1, -0.05) is 6.92 Å². The normalized spacial score (nSPS) is 18.9. The molecule has 0 radical (unpaired) electrons. The molecule has 0 amide bonds.